The Morgan fingerprint density at radius 2 is 1.72 bits per heavy atom. The Kier molecular flexibility index (Phi) is 6.36. The van der Waals surface area contributed by atoms with E-state index in [0.717, 1.165) is 44.5 Å². The lowest BCUT2D eigenvalue weighted by atomic mass is 10.2. The van der Waals surface area contributed by atoms with Gasteiger partial charge in [-0.25, -0.2) is 0 Å². The Balaban J connectivity index is 2.70. The smallest absolute Gasteiger partial charge is 0.159 e. The molecule has 0 aliphatic rings. The first-order chi connectivity index (χ1) is 8.69. The maximum atomic E-state index is 9.53. The van der Waals surface area contributed by atoms with E-state index < -0.39 is 0 Å². The number of anilines is 1. The Hall–Kier alpha value is -1.42. The molecule has 0 atom stereocenters. The van der Waals surface area contributed by atoms with E-state index >= 15 is 0 Å². The largest absolute Gasteiger partial charge is 0.504 e. The third kappa shape index (κ3) is 4.45. The Morgan fingerprint density at radius 1 is 1.00 bits per heavy atom. The number of hydrogen-bond donors (Lipinski definition) is 3. The maximum Gasteiger partial charge on any atom is 0.159 e. The van der Waals surface area contributed by atoms with Gasteiger partial charge in [0.25, 0.3) is 0 Å². The second-order valence-corrected chi connectivity index (χ2v) is 4.44. The molecule has 0 aromatic heterocycles. The van der Waals surface area contributed by atoms with Crippen LogP contribution in [0.15, 0.2) is 18.2 Å². The van der Waals surface area contributed by atoms with Gasteiger partial charge in [-0.15, -0.1) is 0 Å². The molecule has 0 fully saturated rings. The van der Waals surface area contributed by atoms with E-state index in [2.05, 4.69) is 11.8 Å². The molecule has 0 aliphatic carbocycles. The highest BCUT2D eigenvalue weighted by molar-refractivity contribution is 5.55. The molecule has 3 N–H and O–H groups in total. The second-order valence-electron chi connectivity index (χ2n) is 4.44. The minimum Gasteiger partial charge on any atom is -0.504 e. The van der Waals surface area contributed by atoms with Gasteiger partial charge in [0.15, 0.2) is 11.5 Å². The number of hydrogen-bond acceptors (Lipinski definition) is 4. The minimum atomic E-state index is -0.0930. The van der Waals surface area contributed by atoms with E-state index in [1.165, 1.54) is 6.07 Å². The summed E-state index contributed by atoms with van der Waals surface area (Å²) in [5.41, 5.74) is 0.914. The molecule has 0 saturated carbocycles. The number of phenols is 2. The Morgan fingerprint density at radius 3 is 2.33 bits per heavy atom. The monoisotopic (exact) mass is 253 g/mol. The number of aromatic hydroxyl groups is 2. The van der Waals surface area contributed by atoms with Crippen LogP contribution in [0.3, 0.4) is 0 Å². The van der Waals surface area contributed by atoms with E-state index in [-0.39, 0.29) is 18.1 Å². The zero-order valence-electron chi connectivity index (χ0n) is 11.0. The van der Waals surface area contributed by atoms with Crippen molar-refractivity contribution in [2.45, 2.75) is 32.6 Å². The van der Waals surface area contributed by atoms with Gasteiger partial charge in [-0.1, -0.05) is 13.3 Å². The summed E-state index contributed by atoms with van der Waals surface area (Å²) in [4.78, 5) is 2.18. The normalized spacial score (nSPS) is 10.6. The summed E-state index contributed by atoms with van der Waals surface area (Å²) in [5.74, 6) is -0.180. The first kappa shape index (κ1) is 14.6. The highest BCUT2D eigenvalue weighted by Gasteiger charge is 2.08. The summed E-state index contributed by atoms with van der Waals surface area (Å²) in [7, 11) is 0. The fraction of sp³-hybridized carbons (Fsp3) is 0.571. The van der Waals surface area contributed by atoms with Gasteiger partial charge in [0, 0.05) is 31.5 Å². The van der Waals surface area contributed by atoms with Crippen molar-refractivity contribution in [1.82, 2.24) is 0 Å². The van der Waals surface area contributed by atoms with Gasteiger partial charge in [0.2, 0.25) is 0 Å². The molecule has 0 heterocycles. The van der Waals surface area contributed by atoms with E-state index in [1.807, 2.05) is 6.07 Å². The van der Waals surface area contributed by atoms with Gasteiger partial charge in [0.05, 0.1) is 0 Å². The summed E-state index contributed by atoms with van der Waals surface area (Å²) in [6.07, 6.45) is 3.90. The standard InChI is InChI=1S/C14H23NO3/c1-2-3-8-15(9-4-5-10-16)12-6-7-13(17)14(18)11-12/h6-7,11,16-18H,2-5,8-10H2,1H3. The molecule has 0 aliphatic heterocycles. The van der Waals surface area contributed by atoms with Crippen molar-refractivity contribution in [2.24, 2.45) is 0 Å². The molecule has 1 aromatic rings. The molecule has 1 aromatic carbocycles. The van der Waals surface area contributed by atoms with E-state index in [4.69, 9.17) is 5.11 Å². The van der Waals surface area contributed by atoms with Crippen LogP contribution in [0.1, 0.15) is 32.6 Å². The number of phenolic OH excluding ortho intramolecular Hbond substituents is 2. The number of rotatable bonds is 8. The predicted octanol–water partition coefficient (Wildman–Crippen LogP) is 2.48. The summed E-state index contributed by atoms with van der Waals surface area (Å²) in [6, 6.07) is 4.91. The third-order valence-electron chi connectivity index (χ3n) is 2.94. The molecule has 4 nitrogen and oxygen atoms in total. The van der Waals surface area contributed by atoms with Crippen molar-refractivity contribution in [1.29, 1.82) is 0 Å². The van der Waals surface area contributed by atoms with Gasteiger partial charge in [0.1, 0.15) is 0 Å². The first-order valence-corrected chi connectivity index (χ1v) is 6.56. The van der Waals surface area contributed by atoms with Crippen molar-refractivity contribution >= 4 is 5.69 Å². The van der Waals surface area contributed by atoms with Crippen molar-refractivity contribution in [3.8, 4) is 11.5 Å². The van der Waals surface area contributed by atoms with Gasteiger partial charge >= 0.3 is 0 Å². The summed E-state index contributed by atoms with van der Waals surface area (Å²) >= 11 is 0. The van der Waals surface area contributed by atoms with Crippen LogP contribution in [-0.4, -0.2) is 35.0 Å². The molecule has 0 bridgehead atoms. The summed E-state index contributed by atoms with van der Waals surface area (Å²) < 4.78 is 0. The number of nitrogens with zero attached hydrogens (tertiary/aromatic N) is 1. The lowest BCUT2D eigenvalue weighted by Crippen LogP contribution is -2.25. The SMILES string of the molecule is CCCCN(CCCCO)c1ccc(O)c(O)c1. The lowest BCUT2D eigenvalue weighted by molar-refractivity contribution is 0.285. The average Bonchev–Trinajstić information content (AvgIpc) is 2.37. The molecular weight excluding hydrogens is 230 g/mol. The molecule has 1 rings (SSSR count). The Labute approximate surface area is 108 Å². The molecule has 0 saturated heterocycles. The van der Waals surface area contributed by atoms with Gasteiger partial charge in [-0.3, -0.25) is 0 Å². The van der Waals surface area contributed by atoms with Crippen molar-refractivity contribution in [3.63, 3.8) is 0 Å². The topological polar surface area (TPSA) is 63.9 Å². The first-order valence-electron chi connectivity index (χ1n) is 6.56. The molecule has 102 valence electrons. The highest BCUT2D eigenvalue weighted by Crippen LogP contribution is 2.29. The molecule has 0 radical (unpaired) electrons. The number of benzene rings is 1. The number of aliphatic hydroxyl groups excluding tert-OH is 1. The van der Waals surface area contributed by atoms with Crippen LogP contribution in [0.4, 0.5) is 5.69 Å². The summed E-state index contributed by atoms with van der Waals surface area (Å²) in [5, 5.41) is 27.7. The van der Waals surface area contributed by atoms with Crippen LogP contribution in [0, 0.1) is 0 Å². The number of unbranched alkanes of at least 4 members (excludes halogenated alkanes) is 2. The molecular formula is C14H23NO3. The fourth-order valence-corrected chi connectivity index (χ4v) is 1.84. The minimum absolute atomic E-state index is 0.0869. The average molecular weight is 253 g/mol. The third-order valence-corrected chi connectivity index (χ3v) is 2.94. The molecule has 0 spiro atoms. The second kappa shape index (κ2) is 7.82. The molecule has 18 heavy (non-hydrogen) atoms. The van der Waals surface area contributed by atoms with Crippen LogP contribution >= 0.6 is 0 Å². The quantitative estimate of drug-likeness (QED) is 0.492. The van der Waals surface area contributed by atoms with Gasteiger partial charge in [-0.05, 0) is 31.4 Å². The predicted molar refractivity (Wildman–Crippen MR) is 73.2 cm³/mol. The van der Waals surface area contributed by atoms with Crippen LogP contribution < -0.4 is 4.90 Å². The zero-order valence-corrected chi connectivity index (χ0v) is 11.0. The lowest BCUT2D eigenvalue weighted by Gasteiger charge is -2.25. The highest BCUT2D eigenvalue weighted by atomic mass is 16.3. The van der Waals surface area contributed by atoms with Crippen molar-refractivity contribution in [3.05, 3.63) is 18.2 Å². The van der Waals surface area contributed by atoms with Crippen molar-refractivity contribution in [2.75, 3.05) is 24.6 Å². The number of aliphatic hydroxyl groups is 1. The van der Waals surface area contributed by atoms with Gasteiger partial charge in [-0.2, -0.15) is 0 Å². The van der Waals surface area contributed by atoms with Crippen LogP contribution in [-0.2, 0) is 0 Å². The van der Waals surface area contributed by atoms with E-state index in [0.29, 0.717) is 0 Å². The fourth-order valence-electron chi connectivity index (χ4n) is 1.84. The molecule has 0 unspecified atom stereocenters. The van der Waals surface area contributed by atoms with Crippen LogP contribution in [0.25, 0.3) is 0 Å². The molecule has 4 heteroatoms. The maximum absolute atomic E-state index is 9.53. The van der Waals surface area contributed by atoms with Crippen LogP contribution in [0.5, 0.6) is 11.5 Å². The Bertz CT molecular complexity index is 355. The van der Waals surface area contributed by atoms with E-state index in [1.54, 1.807) is 6.07 Å². The summed E-state index contributed by atoms with van der Waals surface area (Å²) in [6.45, 7) is 4.12. The van der Waals surface area contributed by atoms with Gasteiger partial charge < -0.3 is 20.2 Å². The van der Waals surface area contributed by atoms with Crippen molar-refractivity contribution < 1.29 is 15.3 Å². The van der Waals surface area contributed by atoms with E-state index in [9.17, 15) is 10.2 Å². The molecule has 0 amide bonds. The van der Waals surface area contributed by atoms with Crippen LogP contribution in [0.2, 0.25) is 0 Å². The zero-order chi connectivity index (χ0) is 13.4.